The fourth-order valence-electron chi connectivity index (χ4n) is 1.97. The lowest BCUT2D eigenvalue weighted by atomic mass is 9.96. The third-order valence-electron chi connectivity index (χ3n) is 2.84. The summed E-state index contributed by atoms with van der Waals surface area (Å²) < 4.78 is 13.4. The molecule has 1 aromatic heterocycles. The van der Waals surface area contributed by atoms with Gasteiger partial charge in [-0.25, -0.2) is 4.39 Å². The minimum Gasteiger partial charge on any atom is -0.306 e. The fourth-order valence-corrected chi connectivity index (χ4v) is 2.66. The second-order valence-corrected chi connectivity index (χ2v) is 4.83. The quantitative estimate of drug-likeness (QED) is 0.866. The predicted molar refractivity (Wildman–Crippen MR) is 71.0 cm³/mol. The first-order chi connectivity index (χ1) is 8.22. The topological polar surface area (TPSA) is 12.0 Å². The maximum Gasteiger partial charge on any atom is 0.123 e. The summed E-state index contributed by atoms with van der Waals surface area (Å²) in [7, 11) is 0. The van der Waals surface area contributed by atoms with Gasteiger partial charge in [-0.3, -0.25) is 0 Å². The zero-order valence-corrected chi connectivity index (χ0v) is 10.9. The molecule has 1 nitrogen and oxygen atoms in total. The molecular formula is C14H16FNS. The van der Waals surface area contributed by atoms with E-state index in [2.05, 4.69) is 23.7 Å². The first kappa shape index (κ1) is 12.3. The third-order valence-corrected chi connectivity index (χ3v) is 3.54. The molecule has 1 atom stereocenters. The van der Waals surface area contributed by atoms with Gasteiger partial charge in [-0.2, -0.15) is 11.3 Å². The van der Waals surface area contributed by atoms with Crippen LogP contribution >= 0.6 is 11.3 Å². The highest BCUT2D eigenvalue weighted by atomic mass is 32.1. The minimum absolute atomic E-state index is 0.0851. The van der Waals surface area contributed by atoms with Gasteiger partial charge in [-0.1, -0.05) is 13.0 Å². The van der Waals surface area contributed by atoms with Crippen molar-refractivity contribution in [3.63, 3.8) is 0 Å². The maximum absolute atomic E-state index is 13.4. The molecule has 1 heterocycles. The first-order valence-corrected chi connectivity index (χ1v) is 6.68. The second kappa shape index (κ2) is 5.43. The normalized spacial score (nSPS) is 12.6. The molecule has 17 heavy (non-hydrogen) atoms. The molecule has 1 N–H and O–H groups in total. The lowest BCUT2D eigenvalue weighted by Crippen LogP contribution is -2.22. The summed E-state index contributed by atoms with van der Waals surface area (Å²) in [4.78, 5) is 0. The third kappa shape index (κ3) is 2.73. The molecule has 0 amide bonds. The number of nitrogens with one attached hydrogen (secondary N) is 1. The molecule has 0 aliphatic heterocycles. The predicted octanol–water partition coefficient (Wildman–Crippen LogP) is 3.89. The Morgan fingerprint density at radius 3 is 2.82 bits per heavy atom. The Hall–Kier alpha value is -1.19. The van der Waals surface area contributed by atoms with Crippen LogP contribution < -0.4 is 5.32 Å². The van der Waals surface area contributed by atoms with Crippen molar-refractivity contribution in [2.24, 2.45) is 0 Å². The van der Waals surface area contributed by atoms with E-state index in [-0.39, 0.29) is 11.9 Å². The van der Waals surface area contributed by atoms with Gasteiger partial charge in [0, 0.05) is 0 Å². The number of halogens is 1. The van der Waals surface area contributed by atoms with E-state index in [1.807, 2.05) is 18.4 Å². The zero-order chi connectivity index (χ0) is 12.3. The Morgan fingerprint density at radius 2 is 2.18 bits per heavy atom. The first-order valence-electron chi connectivity index (χ1n) is 5.74. The van der Waals surface area contributed by atoms with Crippen LogP contribution in [0.2, 0.25) is 0 Å². The van der Waals surface area contributed by atoms with E-state index < -0.39 is 0 Å². The van der Waals surface area contributed by atoms with E-state index in [1.54, 1.807) is 17.4 Å². The largest absolute Gasteiger partial charge is 0.306 e. The van der Waals surface area contributed by atoms with Gasteiger partial charge in [0.1, 0.15) is 5.82 Å². The number of thiophene rings is 1. The average Bonchev–Trinajstić information content (AvgIpc) is 2.83. The minimum atomic E-state index is -0.177. The van der Waals surface area contributed by atoms with Gasteiger partial charge in [-0.05, 0) is 59.1 Å². The van der Waals surface area contributed by atoms with Crippen LogP contribution in [0.4, 0.5) is 4.39 Å². The summed E-state index contributed by atoms with van der Waals surface area (Å²) in [6.07, 6.45) is 0. The molecular weight excluding hydrogens is 233 g/mol. The molecule has 0 saturated carbocycles. The Kier molecular flexibility index (Phi) is 3.92. The van der Waals surface area contributed by atoms with Gasteiger partial charge < -0.3 is 5.32 Å². The molecule has 0 spiro atoms. The summed E-state index contributed by atoms with van der Waals surface area (Å²) in [6, 6.07) is 7.14. The molecule has 0 saturated heterocycles. The molecule has 1 aromatic carbocycles. The number of benzene rings is 1. The van der Waals surface area contributed by atoms with E-state index in [0.717, 1.165) is 17.7 Å². The lowest BCUT2D eigenvalue weighted by molar-refractivity contribution is 0.601. The van der Waals surface area contributed by atoms with Crippen LogP contribution in [-0.4, -0.2) is 6.54 Å². The highest BCUT2D eigenvalue weighted by Crippen LogP contribution is 2.27. The smallest absolute Gasteiger partial charge is 0.123 e. The van der Waals surface area contributed by atoms with E-state index in [9.17, 15) is 4.39 Å². The van der Waals surface area contributed by atoms with Gasteiger partial charge in [0.15, 0.2) is 0 Å². The average molecular weight is 249 g/mol. The van der Waals surface area contributed by atoms with E-state index in [1.165, 1.54) is 11.6 Å². The molecule has 2 aromatic rings. The number of hydrogen-bond acceptors (Lipinski definition) is 2. The van der Waals surface area contributed by atoms with Crippen molar-refractivity contribution < 1.29 is 4.39 Å². The summed E-state index contributed by atoms with van der Waals surface area (Å²) in [5, 5.41) is 7.57. The van der Waals surface area contributed by atoms with Crippen molar-refractivity contribution >= 4 is 11.3 Å². The lowest BCUT2D eigenvalue weighted by Gasteiger charge is -2.19. The Bertz CT molecular complexity index is 479. The molecule has 0 bridgehead atoms. The van der Waals surface area contributed by atoms with Crippen molar-refractivity contribution in [1.82, 2.24) is 5.32 Å². The van der Waals surface area contributed by atoms with Gasteiger partial charge in [0.2, 0.25) is 0 Å². The standard InChI is InChI=1S/C14H16FNS/c1-3-16-14(11-6-7-17-9-11)13-8-12(15)5-4-10(13)2/h4-9,14,16H,3H2,1-2H3. The highest BCUT2D eigenvalue weighted by molar-refractivity contribution is 7.08. The van der Waals surface area contributed by atoms with Crippen LogP contribution in [0.1, 0.15) is 29.7 Å². The van der Waals surface area contributed by atoms with E-state index in [0.29, 0.717) is 0 Å². The molecule has 0 aliphatic carbocycles. The SMILES string of the molecule is CCNC(c1ccsc1)c1cc(F)ccc1C. The Labute approximate surface area is 105 Å². The van der Waals surface area contributed by atoms with Crippen molar-refractivity contribution in [1.29, 1.82) is 0 Å². The van der Waals surface area contributed by atoms with Crippen molar-refractivity contribution in [3.05, 3.63) is 57.5 Å². The van der Waals surface area contributed by atoms with E-state index >= 15 is 0 Å². The van der Waals surface area contributed by atoms with Crippen LogP contribution in [0.3, 0.4) is 0 Å². The summed E-state index contributed by atoms with van der Waals surface area (Å²) in [6.45, 7) is 4.94. The van der Waals surface area contributed by atoms with Crippen LogP contribution in [0.25, 0.3) is 0 Å². The molecule has 2 rings (SSSR count). The molecule has 0 fully saturated rings. The van der Waals surface area contributed by atoms with Crippen molar-refractivity contribution in [2.75, 3.05) is 6.54 Å². The monoisotopic (exact) mass is 249 g/mol. The molecule has 90 valence electrons. The van der Waals surface area contributed by atoms with Crippen molar-refractivity contribution in [3.8, 4) is 0 Å². The summed E-state index contributed by atoms with van der Waals surface area (Å²) in [5.74, 6) is -0.177. The fraction of sp³-hybridized carbons (Fsp3) is 0.286. The molecule has 1 unspecified atom stereocenters. The maximum atomic E-state index is 13.4. The van der Waals surface area contributed by atoms with Crippen molar-refractivity contribution in [2.45, 2.75) is 19.9 Å². The summed E-state index contributed by atoms with van der Waals surface area (Å²) >= 11 is 1.66. The zero-order valence-electron chi connectivity index (χ0n) is 10.0. The van der Waals surface area contributed by atoms with Crippen LogP contribution in [-0.2, 0) is 0 Å². The van der Waals surface area contributed by atoms with Crippen LogP contribution in [0.5, 0.6) is 0 Å². The van der Waals surface area contributed by atoms with Gasteiger partial charge in [0.05, 0.1) is 6.04 Å². The number of rotatable bonds is 4. The van der Waals surface area contributed by atoms with Crippen LogP contribution in [0.15, 0.2) is 35.0 Å². The van der Waals surface area contributed by atoms with Gasteiger partial charge in [-0.15, -0.1) is 0 Å². The molecule has 3 heteroatoms. The number of hydrogen-bond donors (Lipinski definition) is 1. The second-order valence-electron chi connectivity index (χ2n) is 4.05. The van der Waals surface area contributed by atoms with Gasteiger partial charge in [0.25, 0.3) is 0 Å². The highest BCUT2D eigenvalue weighted by Gasteiger charge is 2.15. The Balaban J connectivity index is 2.42. The molecule has 0 aliphatic rings. The van der Waals surface area contributed by atoms with Gasteiger partial charge >= 0.3 is 0 Å². The molecule has 0 radical (unpaired) electrons. The van der Waals surface area contributed by atoms with Crippen LogP contribution in [0, 0.1) is 12.7 Å². The Morgan fingerprint density at radius 1 is 1.35 bits per heavy atom. The summed E-state index contributed by atoms with van der Waals surface area (Å²) in [5.41, 5.74) is 3.33. The number of aryl methyl sites for hydroxylation is 1. The van der Waals surface area contributed by atoms with E-state index in [4.69, 9.17) is 0 Å².